The summed E-state index contributed by atoms with van der Waals surface area (Å²) in [5, 5.41) is 3.47. The van der Waals surface area contributed by atoms with Crippen molar-refractivity contribution in [3.8, 4) is 17.2 Å². The number of nitrogens with one attached hydrogen (secondary N) is 1. The van der Waals surface area contributed by atoms with Gasteiger partial charge in [0.1, 0.15) is 5.75 Å². The molecule has 0 amide bonds. The lowest BCUT2D eigenvalue weighted by molar-refractivity contribution is 0.310. The van der Waals surface area contributed by atoms with Gasteiger partial charge in [0.05, 0.1) is 20.8 Å². The minimum atomic E-state index is 0. The van der Waals surface area contributed by atoms with Crippen molar-refractivity contribution in [2.24, 2.45) is 4.99 Å². The monoisotopic (exact) mass is 540 g/mol. The highest BCUT2D eigenvalue weighted by molar-refractivity contribution is 14.0. The fourth-order valence-corrected chi connectivity index (χ4v) is 3.59. The summed E-state index contributed by atoms with van der Waals surface area (Å²) in [5.74, 6) is 3.31. The van der Waals surface area contributed by atoms with Crippen LogP contribution in [0.25, 0.3) is 0 Å². The predicted molar refractivity (Wildman–Crippen MR) is 137 cm³/mol. The van der Waals surface area contributed by atoms with E-state index in [4.69, 9.17) is 14.2 Å². The van der Waals surface area contributed by atoms with E-state index in [0.717, 1.165) is 55.0 Å². The van der Waals surface area contributed by atoms with Crippen LogP contribution in [0.1, 0.15) is 12.5 Å². The molecule has 2 aromatic carbocycles. The van der Waals surface area contributed by atoms with E-state index < -0.39 is 0 Å². The Morgan fingerprint density at radius 2 is 1.77 bits per heavy atom. The number of aliphatic imine (C=N–C) groups is 1. The second-order valence-electron chi connectivity index (χ2n) is 6.99. The Morgan fingerprint density at radius 3 is 2.42 bits per heavy atom. The smallest absolute Gasteiger partial charge is 0.194 e. The van der Waals surface area contributed by atoms with Crippen molar-refractivity contribution in [2.75, 3.05) is 59.0 Å². The Labute approximate surface area is 202 Å². The molecular weight excluding hydrogens is 507 g/mol. The van der Waals surface area contributed by atoms with Crippen molar-refractivity contribution < 1.29 is 14.2 Å². The molecule has 2 aromatic rings. The summed E-state index contributed by atoms with van der Waals surface area (Å²) in [6, 6.07) is 14.2. The van der Waals surface area contributed by atoms with Gasteiger partial charge in [0.25, 0.3) is 0 Å². The number of ether oxygens (including phenoxy) is 3. The second-order valence-corrected chi connectivity index (χ2v) is 6.99. The third kappa shape index (κ3) is 6.56. The van der Waals surface area contributed by atoms with E-state index in [0.29, 0.717) is 13.2 Å². The van der Waals surface area contributed by atoms with E-state index in [1.165, 1.54) is 5.69 Å². The van der Waals surface area contributed by atoms with E-state index in [1.54, 1.807) is 14.2 Å². The van der Waals surface area contributed by atoms with Crippen LogP contribution >= 0.6 is 24.0 Å². The van der Waals surface area contributed by atoms with E-state index in [-0.39, 0.29) is 24.0 Å². The average molecular weight is 540 g/mol. The first-order chi connectivity index (χ1) is 14.7. The van der Waals surface area contributed by atoms with Gasteiger partial charge in [-0.3, -0.25) is 4.99 Å². The van der Waals surface area contributed by atoms with Crippen molar-refractivity contribution in [1.29, 1.82) is 0 Å². The number of benzene rings is 2. The van der Waals surface area contributed by atoms with Gasteiger partial charge < -0.3 is 29.3 Å². The predicted octanol–water partition coefficient (Wildman–Crippen LogP) is 3.62. The molecule has 1 aliphatic heterocycles. The fourth-order valence-electron chi connectivity index (χ4n) is 3.59. The Balaban J connectivity index is 0.00000341. The van der Waals surface area contributed by atoms with Crippen LogP contribution in [0.5, 0.6) is 17.2 Å². The molecule has 3 rings (SSSR count). The van der Waals surface area contributed by atoms with Gasteiger partial charge >= 0.3 is 0 Å². The van der Waals surface area contributed by atoms with Gasteiger partial charge in [0, 0.05) is 51.5 Å². The highest BCUT2D eigenvalue weighted by atomic mass is 127. The molecule has 1 fully saturated rings. The number of piperazine rings is 1. The maximum Gasteiger partial charge on any atom is 0.194 e. The fraction of sp³-hybridized carbons (Fsp3) is 0.435. The zero-order valence-electron chi connectivity index (χ0n) is 18.8. The molecule has 0 saturated carbocycles. The maximum atomic E-state index is 5.60. The first-order valence-corrected chi connectivity index (χ1v) is 10.3. The van der Waals surface area contributed by atoms with Gasteiger partial charge in [-0.15, -0.1) is 24.0 Å². The molecule has 8 heteroatoms. The molecule has 7 nitrogen and oxygen atoms in total. The van der Waals surface area contributed by atoms with Crippen LogP contribution in [-0.4, -0.2) is 64.9 Å². The van der Waals surface area contributed by atoms with Gasteiger partial charge in [-0.05, 0) is 36.8 Å². The molecule has 0 unspecified atom stereocenters. The first kappa shape index (κ1) is 24.9. The molecule has 0 aliphatic carbocycles. The third-order valence-corrected chi connectivity index (χ3v) is 5.19. The summed E-state index contributed by atoms with van der Waals surface area (Å²) in [5.41, 5.74) is 2.31. The molecular formula is C23H33IN4O3. The van der Waals surface area contributed by atoms with E-state index in [1.807, 2.05) is 38.2 Å². The number of rotatable bonds is 7. The van der Waals surface area contributed by atoms with E-state index in [9.17, 15) is 0 Å². The number of anilines is 1. The van der Waals surface area contributed by atoms with Crippen LogP contribution in [0.3, 0.4) is 0 Å². The summed E-state index contributed by atoms with van der Waals surface area (Å²) in [6.45, 7) is 6.93. The number of hydrogen-bond donors (Lipinski definition) is 1. The minimum Gasteiger partial charge on any atom is -0.497 e. The number of hydrogen-bond acceptors (Lipinski definition) is 5. The lowest BCUT2D eigenvalue weighted by Gasteiger charge is -2.37. The zero-order chi connectivity index (χ0) is 21.3. The van der Waals surface area contributed by atoms with E-state index >= 15 is 0 Å². The highest BCUT2D eigenvalue weighted by Crippen LogP contribution is 2.28. The van der Waals surface area contributed by atoms with Gasteiger partial charge in [-0.1, -0.05) is 12.1 Å². The quantitative estimate of drug-likeness (QED) is 0.329. The standard InChI is InChI=1S/C23H32N4O3.HI/c1-5-30-21-10-9-18(15-22(21)29-4)17-25-23(24-2)27-13-11-26(12-14-27)19-7-6-8-20(16-19)28-3;/h6-10,15-16H,5,11-14,17H2,1-4H3,(H,24,25);1H. The molecule has 170 valence electrons. The lowest BCUT2D eigenvalue weighted by atomic mass is 10.2. The zero-order valence-corrected chi connectivity index (χ0v) is 21.1. The van der Waals surface area contributed by atoms with Crippen LogP contribution in [0.2, 0.25) is 0 Å². The number of halogens is 1. The summed E-state index contributed by atoms with van der Waals surface area (Å²) in [4.78, 5) is 9.15. The second kappa shape index (κ2) is 12.5. The van der Waals surface area contributed by atoms with Crippen LogP contribution in [0.4, 0.5) is 5.69 Å². The lowest BCUT2D eigenvalue weighted by Crippen LogP contribution is -2.52. The molecule has 1 aliphatic rings. The summed E-state index contributed by atoms with van der Waals surface area (Å²) in [6.07, 6.45) is 0. The summed E-state index contributed by atoms with van der Waals surface area (Å²) < 4.78 is 16.4. The first-order valence-electron chi connectivity index (χ1n) is 10.3. The number of methoxy groups -OCH3 is 2. The summed E-state index contributed by atoms with van der Waals surface area (Å²) in [7, 11) is 5.19. The molecule has 31 heavy (non-hydrogen) atoms. The molecule has 0 radical (unpaired) electrons. The minimum absolute atomic E-state index is 0. The molecule has 1 saturated heterocycles. The van der Waals surface area contributed by atoms with Gasteiger partial charge in [0.2, 0.25) is 0 Å². The van der Waals surface area contributed by atoms with Crippen molar-refractivity contribution in [3.05, 3.63) is 48.0 Å². The molecule has 1 N–H and O–H groups in total. The summed E-state index contributed by atoms with van der Waals surface area (Å²) >= 11 is 0. The van der Waals surface area contributed by atoms with E-state index in [2.05, 4.69) is 38.3 Å². The molecule has 0 bridgehead atoms. The SMILES string of the molecule is CCOc1ccc(CNC(=NC)N2CCN(c3cccc(OC)c3)CC2)cc1OC.I. The highest BCUT2D eigenvalue weighted by Gasteiger charge is 2.20. The average Bonchev–Trinajstić information content (AvgIpc) is 2.81. The molecule has 0 spiro atoms. The Bertz CT molecular complexity index is 854. The van der Waals surface area contributed by atoms with Gasteiger partial charge in [-0.2, -0.15) is 0 Å². The molecule has 0 aromatic heterocycles. The van der Waals surface area contributed by atoms with Crippen molar-refractivity contribution >= 4 is 35.6 Å². The maximum absolute atomic E-state index is 5.60. The topological polar surface area (TPSA) is 58.6 Å². The van der Waals surface area contributed by atoms with Crippen molar-refractivity contribution in [1.82, 2.24) is 10.2 Å². The Morgan fingerprint density at radius 1 is 1.00 bits per heavy atom. The largest absolute Gasteiger partial charge is 0.497 e. The Hall–Kier alpha value is -2.36. The van der Waals surface area contributed by atoms with Gasteiger partial charge in [-0.25, -0.2) is 0 Å². The normalized spacial score (nSPS) is 14.0. The third-order valence-electron chi connectivity index (χ3n) is 5.19. The number of guanidine groups is 1. The number of nitrogens with zero attached hydrogens (tertiary/aromatic N) is 3. The van der Waals surface area contributed by atoms with Crippen LogP contribution < -0.4 is 24.4 Å². The van der Waals surface area contributed by atoms with Crippen molar-refractivity contribution in [2.45, 2.75) is 13.5 Å². The van der Waals surface area contributed by atoms with Crippen molar-refractivity contribution in [3.63, 3.8) is 0 Å². The molecule has 1 heterocycles. The van der Waals surface area contributed by atoms with Gasteiger partial charge in [0.15, 0.2) is 17.5 Å². The van der Waals surface area contributed by atoms with Crippen LogP contribution in [-0.2, 0) is 6.54 Å². The van der Waals surface area contributed by atoms with Crippen LogP contribution in [0.15, 0.2) is 47.5 Å². The molecule has 0 atom stereocenters. The van der Waals surface area contributed by atoms with Crippen LogP contribution in [0, 0.1) is 0 Å². The Kier molecular flexibility index (Phi) is 10.0.